The molecule has 0 saturated heterocycles. The first-order chi connectivity index (χ1) is 8.36. The Morgan fingerprint density at radius 3 is 1.83 bits per heavy atom. The average molecular weight is 250 g/mol. The van der Waals surface area contributed by atoms with E-state index in [4.69, 9.17) is 4.74 Å². The van der Waals surface area contributed by atoms with Crippen molar-refractivity contribution in [2.75, 3.05) is 6.61 Å². The Balaban J connectivity index is 1.62. The summed E-state index contributed by atoms with van der Waals surface area (Å²) < 4.78 is 6.29. The predicted molar refractivity (Wildman–Crippen MR) is 75.5 cm³/mol. The van der Waals surface area contributed by atoms with E-state index in [9.17, 15) is 0 Å². The highest BCUT2D eigenvalue weighted by atomic mass is 16.5. The summed E-state index contributed by atoms with van der Waals surface area (Å²) >= 11 is 0. The summed E-state index contributed by atoms with van der Waals surface area (Å²) in [6, 6.07) is 0. The molecule has 1 heteroatoms. The Morgan fingerprint density at radius 2 is 1.44 bits per heavy atom. The van der Waals surface area contributed by atoms with Gasteiger partial charge in [-0.2, -0.15) is 0 Å². The van der Waals surface area contributed by atoms with Crippen LogP contribution < -0.4 is 0 Å². The minimum atomic E-state index is 0.280. The maximum absolute atomic E-state index is 6.29. The first-order valence-corrected chi connectivity index (χ1v) is 7.98. The first-order valence-electron chi connectivity index (χ1n) is 7.98. The van der Waals surface area contributed by atoms with Gasteiger partial charge in [-0.15, -0.1) is 0 Å². The molecular formula is C17H30O. The predicted octanol–water partition coefficient (Wildman–Crippen LogP) is 4.65. The molecule has 4 aliphatic rings. The van der Waals surface area contributed by atoms with E-state index >= 15 is 0 Å². The van der Waals surface area contributed by atoms with Crippen LogP contribution in [0.25, 0.3) is 0 Å². The van der Waals surface area contributed by atoms with Crippen molar-refractivity contribution in [2.24, 2.45) is 28.6 Å². The molecule has 1 unspecified atom stereocenters. The van der Waals surface area contributed by atoms with Crippen molar-refractivity contribution in [2.45, 2.75) is 72.3 Å². The largest absolute Gasteiger partial charge is 0.377 e. The van der Waals surface area contributed by atoms with Gasteiger partial charge in [-0.05, 0) is 74.0 Å². The van der Waals surface area contributed by atoms with Crippen molar-refractivity contribution >= 4 is 0 Å². The fourth-order valence-corrected chi connectivity index (χ4v) is 5.02. The van der Waals surface area contributed by atoms with Crippen LogP contribution >= 0.6 is 0 Å². The Labute approximate surface area is 113 Å². The molecule has 4 aliphatic carbocycles. The highest BCUT2D eigenvalue weighted by Crippen LogP contribution is 2.60. The zero-order valence-electron chi connectivity index (χ0n) is 12.7. The second-order valence-electron chi connectivity index (χ2n) is 8.74. The van der Waals surface area contributed by atoms with Crippen LogP contribution in [0, 0.1) is 28.6 Å². The molecule has 0 radical (unpaired) electrons. The third-order valence-electron chi connectivity index (χ3n) is 6.02. The van der Waals surface area contributed by atoms with Gasteiger partial charge >= 0.3 is 0 Å². The molecule has 0 aliphatic heterocycles. The summed E-state index contributed by atoms with van der Waals surface area (Å²) in [5, 5.41) is 0. The van der Waals surface area contributed by atoms with Crippen molar-refractivity contribution in [1.29, 1.82) is 0 Å². The van der Waals surface area contributed by atoms with Gasteiger partial charge in [-0.25, -0.2) is 0 Å². The van der Waals surface area contributed by atoms with Gasteiger partial charge in [0.15, 0.2) is 0 Å². The van der Waals surface area contributed by atoms with Gasteiger partial charge in [0.1, 0.15) is 0 Å². The van der Waals surface area contributed by atoms with Gasteiger partial charge in [-0.1, -0.05) is 20.8 Å². The van der Waals surface area contributed by atoms with Crippen molar-refractivity contribution in [1.82, 2.24) is 0 Å². The molecule has 0 aromatic heterocycles. The third kappa shape index (κ3) is 2.35. The first kappa shape index (κ1) is 13.0. The standard InChI is InChI=1S/C17H30O/c1-12(16(2,3)4)18-11-17-8-13-5-14(9-17)7-15(6-13)10-17/h12-15H,5-11H2,1-4H3. The van der Waals surface area contributed by atoms with Gasteiger partial charge in [0.25, 0.3) is 0 Å². The number of hydrogen-bond acceptors (Lipinski definition) is 1. The molecule has 0 amide bonds. The normalized spacial score (nSPS) is 44.3. The van der Waals surface area contributed by atoms with E-state index in [2.05, 4.69) is 27.7 Å². The number of ether oxygens (including phenoxy) is 1. The summed E-state index contributed by atoms with van der Waals surface area (Å²) in [5.74, 6) is 3.14. The van der Waals surface area contributed by atoms with Crippen LogP contribution in [-0.2, 0) is 4.74 Å². The molecule has 0 aromatic carbocycles. The van der Waals surface area contributed by atoms with E-state index in [-0.39, 0.29) is 5.41 Å². The van der Waals surface area contributed by atoms with E-state index in [0.717, 1.165) is 24.4 Å². The summed E-state index contributed by atoms with van der Waals surface area (Å²) in [7, 11) is 0. The van der Waals surface area contributed by atoms with Gasteiger partial charge in [0.05, 0.1) is 12.7 Å². The second kappa shape index (κ2) is 4.23. The van der Waals surface area contributed by atoms with Crippen LogP contribution in [0.4, 0.5) is 0 Å². The molecule has 4 bridgehead atoms. The average Bonchev–Trinajstić information content (AvgIpc) is 2.22. The van der Waals surface area contributed by atoms with E-state index in [0.29, 0.717) is 11.5 Å². The molecular weight excluding hydrogens is 220 g/mol. The Kier molecular flexibility index (Phi) is 3.05. The van der Waals surface area contributed by atoms with Crippen molar-refractivity contribution in [3.05, 3.63) is 0 Å². The third-order valence-corrected chi connectivity index (χ3v) is 6.02. The Hall–Kier alpha value is -0.0400. The zero-order valence-corrected chi connectivity index (χ0v) is 12.7. The van der Waals surface area contributed by atoms with Gasteiger partial charge in [-0.3, -0.25) is 0 Å². The lowest BCUT2D eigenvalue weighted by Gasteiger charge is -2.57. The molecule has 4 rings (SSSR count). The summed E-state index contributed by atoms with van der Waals surface area (Å²) in [6.07, 6.45) is 9.39. The van der Waals surface area contributed by atoms with Gasteiger partial charge in [0, 0.05) is 0 Å². The van der Waals surface area contributed by atoms with E-state index in [1.54, 1.807) is 0 Å². The molecule has 4 saturated carbocycles. The molecule has 1 atom stereocenters. The van der Waals surface area contributed by atoms with E-state index < -0.39 is 0 Å². The second-order valence-corrected chi connectivity index (χ2v) is 8.74. The molecule has 18 heavy (non-hydrogen) atoms. The molecule has 0 spiro atoms. The topological polar surface area (TPSA) is 9.23 Å². The van der Waals surface area contributed by atoms with Crippen LogP contribution in [0.3, 0.4) is 0 Å². The SMILES string of the molecule is CC(OCC12CC3CC(CC(C3)C1)C2)C(C)(C)C. The van der Waals surface area contributed by atoms with Crippen molar-refractivity contribution < 1.29 is 4.74 Å². The lowest BCUT2D eigenvalue weighted by Crippen LogP contribution is -2.49. The highest BCUT2D eigenvalue weighted by Gasteiger charge is 2.51. The minimum Gasteiger partial charge on any atom is -0.377 e. The van der Waals surface area contributed by atoms with Gasteiger partial charge < -0.3 is 4.74 Å². The van der Waals surface area contributed by atoms with Crippen molar-refractivity contribution in [3.8, 4) is 0 Å². The number of rotatable bonds is 3. The van der Waals surface area contributed by atoms with Crippen LogP contribution in [0.15, 0.2) is 0 Å². The Morgan fingerprint density at radius 1 is 1.00 bits per heavy atom. The summed E-state index contributed by atoms with van der Waals surface area (Å²) in [6.45, 7) is 10.2. The monoisotopic (exact) mass is 250 g/mol. The van der Waals surface area contributed by atoms with Crippen LogP contribution in [0.2, 0.25) is 0 Å². The molecule has 104 valence electrons. The van der Waals surface area contributed by atoms with Crippen LogP contribution in [-0.4, -0.2) is 12.7 Å². The fourth-order valence-electron chi connectivity index (χ4n) is 5.02. The highest BCUT2D eigenvalue weighted by molar-refractivity contribution is 5.01. The molecule has 0 heterocycles. The summed E-state index contributed by atoms with van der Waals surface area (Å²) in [4.78, 5) is 0. The fraction of sp³-hybridized carbons (Fsp3) is 1.00. The number of hydrogen-bond donors (Lipinski definition) is 0. The minimum absolute atomic E-state index is 0.280. The molecule has 0 aromatic rings. The molecule has 1 nitrogen and oxygen atoms in total. The van der Waals surface area contributed by atoms with E-state index in [1.807, 2.05) is 0 Å². The van der Waals surface area contributed by atoms with Crippen LogP contribution in [0.1, 0.15) is 66.2 Å². The lowest BCUT2D eigenvalue weighted by atomic mass is 9.50. The van der Waals surface area contributed by atoms with E-state index in [1.165, 1.54) is 38.5 Å². The quantitative estimate of drug-likeness (QED) is 0.708. The molecule has 4 fully saturated rings. The maximum Gasteiger partial charge on any atom is 0.0595 e. The smallest absolute Gasteiger partial charge is 0.0595 e. The van der Waals surface area contributed by atoms with Crippen LogP contribution in [0.5, 0.6) is 0 Å². The Bertz CT molecular complexity index is 277. The maximum atomic E-state index is 6.29. The van der Waals surface area contributed by atoms with Crippen molar-refractivity contribution in [3.63, 3.8) is 0 Å². The lowest BCUT2D eigenvalue weighted by molar-refractivity contribution is -0.124. The summed E-state index contributed by atoms with van der Waals surface area (Å²) in [5.41, 5.74) is 0.858. The van der Waals surface area contributed by atoms with Gasteiger partial charge in [0.2, 0.25) is 0 Å². The molecule has 0 N–H and O–H groups in total. The zero-order chi connectivity index (χ0) is 13.0.